The SMILES string of the molecule is CC[C@H](C(=O)Nc1cccc(C(C)=O)c1)N(c1ccc(C)c(Cl)c1)S(C)(=O)=O. The van der Waals surface area contributed by atoms with E-state index in [-0.39, 0.29) is 12.2 Å². The number of hydrogen-bond acceptors (Lipinski definition) is 4. The van der Waals surface area contributed by atoms with Crippen LogP contribution in [0.5, 0.6) is 0 Å². The van der Waals surface area contributed by atoms with Gasteiger partial charge >= 0.3 is 0 Å². The number of rotatable bonds is 7. The zero-order valence-corrected chi connectivity index (χ0v) is 17.8. The van der Waals surface area contributed by atoms with Crippen LogP contribution in [0.25, 0.3) is 0 Å². The Morgan fingerprint density at radius 1 is 1.18 bits per heavy atom. The molecule has 1 atom stereocenters. The number of Topliss-reactive ketones (excluding diaryl/α,β-unsaturated/α-hetero) is 1. The van der Waals surface area contributed by atoms with Crippen LogP contribution in [-0.2, 0) is 14.8 Å². The van der Waals surface area contributed by atoms with Gasteiger partial charge in [0.25, 0.3) is 0 Å². The van der Waals surface area contributed by atoms with Gasteiger partial charge in [-0.1, -0.05) is 36.7 Å². The first-order valence-corrected chi connectivity index (χ1v) is 10.9. The largest absolute Gasteiger partial charge is 0.324 e. The number of amides is 1. The van der Waals surface area contributed by atoms with Crippen LogP contribution in [-0.4, -0.2) is 32.4 Å². The molecule has 0 bridgehead atoms. The first kappa shape index (κ1) is 21.9. The molecule has 0 aromatic heterocycles. The van der Waals surface area contributed by atoms with Crippen LogP contribution in [0.1, 0.15) is 36.2 Å². The summed E-state index contributed by atoms with van der Waals surface area (Å²) in [5.74, 6) is -0.625. The zero-order valence-electron chi connectivity index (χ0n) is 16.2. The maximum absolute atomic E-state index is 12.9. The first-order valence-electron chi connectivity index (χ1n) is 8.72. The molecule has 0 saturated carbocycles. The molecule has 0 radical (unpaired) electrons. The predicted octanol–water partition coefficient (Wildman–Crippen LogP) is 4.03. The van der Waals surface area contributed by atoms with Gasteiger partial charge in [0.15, 0.2) is 5.78 Å². The van der Waals surface area contributed by atoms with Crippen molar-refractivity contribution in [3.63, 3.8) is 0 Å². The van der Waals surface area contributed by atoms with E-state index in [1.54, 1.807) is 43.3 Å². The molecule has 1 amide bonds. The van der Waals surface area contributed by atoms with Crippen molar-refractivity contribution in [3.05, 3.63) is 58.6 Å². The second-order valence-electron chi connectivity index (χ2n) is 6.54. The lowest BCUT2D eigenvalue weighted by molar-refractivity contribution is -0.117. The molecule has 0 fully saturated rings. The number of carbonyl (C=O) groups excluding carboxylic acids is 2. The number of ketones is 1. The van der Waals surface area contributed by atoms with Crippen LogP contribution in [0.3, 0.4) is 0 Å². The van der Waals surface area contributed by atoms with Crippen molar-refractivity contribution in [1.29, 1.82) is 0 Å². The summed E-state index contributed by atoms with van der Waals surface area (Å²) in [6.07, 6.45) is 1.30. The predicted molar refractivity (Wildman–Crippen MR) is 113 cm³/mol. The number of benzene rings is 2. The van der Waals surface area contributed by atoms with Crippen molar-refractivity contribution in [2.45, 2.75) is 33.2 Å². The number of nitrogens with one attached hydrogen (secondary N) is 1. The number of aryl methyl sites for hydroxylation is 1. The molecule has 0 heterocycles. The third-order valence-electron chi connectivity index (χ3n) is 4.28. The number of anilines is 2. The Bertz CT molecular complexity index is 1010. The van der Waals surface area contributed by atoms with E-state index >= 15 is 0 Å². The maximum Gasteiger partial charge on any atom is 0.248 e. The van der Waals surface area contributed by atoms with E-state index in [2.05, 4.69) is 5.32 Å². The third-order valence-corrected chi connectivity index (χ3v) is 5.86. The van der Waals surface area contributed by atoms with Crippen LogP contribution in [0.4, 0.5) is 11.4 Å². The van der Waals surface area contributed by atoms with Gasteiger partial charge in [0.2, 0.25) is 15.9 Å². The molecule has 0 aliphatic heterocycles. The number of carbonyl (C=O) groups is 2. The van der Waals surface area contributed by atoms with Crippen molar-refractivity contribution in [3.8, 4) is 0 Å². The van der Waals surface area contributed by atoms with Crippen LogP contribution in [0.15, 0.2) is 42.5 Å². The second kappa shape index (κ2) is 8.75. The molecule has 8 heteroatoms. The van der Waals surface area contributed by atoms with Crippen molar-refractivity contribution in [1.82, 2.24) is 0 Å². The zero-order chi connectivity index (χ0) is 21.1. The lowest BCUT2D eigenvalue weighted by Gasteiger charge is -2.30. The molecule has 6 nitrogen and oxygen atoms in total. The number of hydrogen-bond donors (Lipinski definition) is 1. The van der Waals surface area contributed by atoms with Gasteiger partial charge in [-0.3, -0.25) is 13.9 Å². The van der Waals surface area contributed by atoms with Gasteiger partial charge in [-0.25, -0.2) is 8.42 Å². The lowest BCUT2D eigenvalue weighted by atomic mass is 10.1. The summed E-state index contributed by atoms with van der Waals surface area (Å²) in [6.45, 7) is 4.97. The molecule has 0 aliphatic carbocycles. The van der Waals surface area contributed by atoms with E-state index in [0.717, 1.165) is 16.1 Å². The van der Waals surface area contributed by atoms with E-state index < -0.39 is 22.0 Å². The standard InChI is InChI=1S/C20H23ClN2O4S/c1-5-19(20(25)22-16-8-6-7-15(11-16)14(3)24)23(28(4,26)27)17-10-9-13(2)18(21)12-17/h6-12,19H,5H2,1-4H3,(H,22,25)/t19-/m1/s1. The fourth-order valence-corrected chi connectivity index (χ4v) is 4.20. The summed E-state index contributed by atoms with van der Waals surface area (Å²) in [5.41, 5.74) is 2.00. The highest BCUT2D eigenvalue weighted by Crippen LogP contribution is 2.28. The molecule has 0 aliphatic rings. The highest BCUT2D eigenvalue weighted by atomic mass is 35.5. The molecule has 150 valence electrons. The summed E-state index contributed by atoms with van der Waals surface area (Å²) in [7, 11) is -3.76. The van der Waals surface area contributed by atoms with E-state index in [1.165, 1.54) is 13.0 Å². The number of halogens is 1. The minimum atomic E-state index is -3.76. The quantitative estimate of drug-likeness (QED) is 0.682. The van der Waals surface area contributed by atoms with Gasteiger partial charge in [0.05, 0.1) is 11.9 Å². The van der Waals surface area contributed by atoms with Crippen molar-refractivity contribution in [2.24, 2.45) is 0 Å². The summed E-state index contributed by atoms with van der Waals surface area (Å²) in [5, 5.41) is 3.12. The third kappa shape index (κ3) is 5.11. The molecule has 0 spiro atoms. The van der Waals surface area contributed by atoms with E-state index in [0.29, 0.717) is 22.0 Å². The van der Waals surface area contributed by atoms with Gasteiger partial charge in [-0.2, -0.15) is 0 Å². The molecular weight excluding hydrogens is 400 g/mol. The molecule has 28 heavy (non-hydrogen) atoms. The van der Waals surface area contributed by atoms with Gasteiger partial charge in [-0.05, 0) is 50.1 Å². The van der Waals surface area contributed by atoms with Crippen molar-refractivity contribution >= 4 is 44.7 Å². The fourth-order valence-electron chi connectivity index (χ4n) is 2.82. The Kier molecular flexibility index (Phi) is 6.85. The van der Waals surface area contributed by atoms with Gasteiger partial charge in [-0.15, -0.1) is 0 Å². The normalized spacial score (nSPS) is 12.3. The first-order chi connectivity index (χ1) is 13.0. The van der Waals surface area contributed by atoms with Gasteiger partial charge < -0.3 is 5.32 Å². The maximum atomic E-state index is 12.9. The molecule has 2 aromatic rings. The summed E-state index contributed by atoms with van der Waals surface area (Å²) >= 11 is 6.16. The van der Waals surface area contributed by atoms with Crippen LogP contribution >= 0.6 is 11.6 Å². The highest BCUT2D eigenvalue weighted by Gasteiger charge is 2.31. The topological polar surface area (TPSA) is 83.6 Å². The van der Waals surface area contributed by atoms with Crippen LogP contribution in [0.2, 0.25) is 5.02 Å². The summed E-state index contributed by atoms with van der Waals surface area (Å²) < 4.78 is 26.0. The molecule has 2 rings (SSSR count). The lowest BCUT2D eigenvalue weighted by Crippen LogP contribution is -2.47. The Labute approximate surface area is 170 Å². The molecule has 0 unspecified atom stereocenters. The minimum Gasteiger partial charge on any atom is -0.324 e. The summed E-state index contributed by atoms with van der Waals surface area (Å²) in [6, 6.07) is 10.4. The number of nitrogens with zero attached hydrogens (tertiary/aromatic N) is 1. The van der Waals surface area contributed by atoms with E-state index in [9.17, 15) is 18.0 Å². The Morgan fingerprint density at radius 2 is 1.86 bits per heavy atom. The molecule has 1 N–H and O–H groups in total. The average molecular weight is 423 g/mol. The van der Waals surface area contributed by atoms with Crippen LogP contribution in [0, 0.1) is 6.92 Å². The van der Waals surface area contributed by atoms with Gasteiger partial charge in [0.1, 0.15) is 6.04 Å². The smallest absolute Gasteiger partial charge is 0.248 e. The Morgan fingerprint density at radius 3 is 2.39 bits per heavy atom. The monoisotopic (exact) mass is 422 g/mol. The van der Waals surface area contributed by atoms with Crippen molar-refractivity contribution in [2.75, 3.05) is 15.9 Å². The Hall–Kier alpha value is -2.38. The fraction of sp³-hybridized carbons (Fsp3) is 0.300. The molecular formula is C20H23ClN2O4S. The molecule has 0 saturated heterocycles. The average Bonchev–Trinajstić information content (AvgIpc) is 2.61. The minimum absolute atomic E-state index is 0.129. The van der Waals surface area contributed by atoms with Crippen LogP contribution < -0.4 is 9.62 Å². The van der Waals surface area contributed by atoms with Gasteiger partial charge in [0, 0.05) is 16.3 Å². The Balaban J connectivity index is 2.40. The summed E-state index contributed by atoms with van der Waals surface area (Å²) in [4.78, 5) is 24.4. The highest BCUT2D eigenvalue weighted by molar-refractivity contribution is 7.92. The number of sulfonamides is 1. The molecule has 2 aromatic carbocycles. The van der Waals surface area contributed by atoms with E-state index in [4.69, 9.17) is 11.6 Å². The van der Waals surface area contributed by atoms with E-state index in [1.807, 2.05) is 6.92 Å². The van der Waals surface area contributed by atoms with Crippen molar-refractivity contribution < 1.29 is 18.0 Å². The second-order valence-corrected chi connectivity index (χ2v) is 8.81.